The highest BCUT2D eigenvalue weighted by atomic mass is 19.4. The summed E-state index contributed by atoms with van der Waals surface area (Å²) in [5.74, 6) is 6.99. The number of pyridine rings is 1. The van der Waals surface area contributed by atoms with Crippen LogP contribution in [-0.4, -0.2) is 57.5 Å². The zero-order valence-corrected chi connectivity index (χ0v) is 24.6. The summed E-state index contributed by atoms with van der Waals surface area (Å²) in [5, 5.41) is 2.43. The summed E-state index contributed by atoms with van der Waals surface area (Å²) in [4.78, 5) is 41.4. The van der Waals surface area contributed by atoms with Crippen LogP contribution < -0.4 is 15.9 Å². The van der Waals surface area contributed by atoms with E-state index in [4.69, 9.17) is 15.6 Å². The number of aromatic nitrogens is 1. The summed E-state index contributed by atoms with van der Waals surface area (Å²) in [6.45, 7) is 6.59. The van der Waals surface area contributed by atoms with Crippen LogP contribution in [0.25, 0.3) is 0 Å². The van der Waals surface area contributed by atoms with Crippen LogP contribution in [0.2, 0.25) is 0 Å². The zero-order valence-electron chi connectivity index (χ0n) is 24.6. The average Bonchev–Trinajstić information content (AvgIpc) is 3.41. The molecule has 0 saturated carbocycles. The number of anilines is 1. The van der Waals surface area contributed by atoms with Crippen molar-refractivity contribution >= 4 is 29.7 Å². The second-order valence-corrected chi connectivity index (χ2v) is 12.1. The lowest BCUT2D eigenvalue weighted by Crippen LogP contribution is -2.53. The van der Waals surface area contributed by atoms with E-state index in [1.54, 1.807) is 31.6 Å². The summed E-state index contributed by atoms with van der Waals surface area (Å²) in [7, 11) is 0. The van der Waals surface area contributed by atoms with Gasteiger partial charge in [-0.3, -0.25) is 14.6 Å². The number of nitrogens with two attached hydrogens (primary N) is 1. The van der Waals surface area contributed by atoms with E-state index in [-0.39, 0.29) is 45.9 Å². The predicted octanol–water partition coefficient (Wildman–Crippen LogP) is 5.01. The maximum atomic E-state index is 13.1. The Labute approximate surface area is 252 Å². The number of allylic oxidation sites excluding steroid dienone is 1. The van der Waals surface area contributed by atoms with E-state index in [0.717, 1.165) is 43.3 Å². The number of amides is 2. The van der Waals surface area contributed by atoms with Crippen LogP contribution in [-0.2, 0) is 11.0 Å². The molecule has 44 heavy (non-hydrogen) atoms. The van der Waals surface area contributed by atoms with E-state index in [2.05, 4.69) is 15.3 Å². The van der Waals surface area contributed by atoms with Crippen LogP contribution >= 0.6 is 0 Å². The second-order valence-electron chi connectivity index (χ2n) is 12.1. The highest BCUT2D eigenvalue weighted by Crippen LogP contribution is 2.45. The molecule has 3 N–H and O–H groups in total. The number of amidine groups is 1. The molecule has 230 valence electrons. The molecule has 5 heterocycles. The van der Waals surface area contributed by atoms with Gasteiger partial charge in [0.2, 0.25) is 11.6 Å². The quantitative estimate of drug-likeness (QED) is 0.353. The second kappa shape index (κ2) is 10.7. The first kappa shape index (κ1) is 29.7. The first-order chi connectivity index (χ1) is 20.8. The molecule has 1 unspecified atom stereocenters. The van der Waals surface area contributed by atoms with E-state index in [1.807, 2.05) is 18.7 Å². The lowest BCUT2D eigenvalue weighted by Gasteiger charge is -2.35. The van der Waals surface area contributed by atoms with Gasteiger partial charge in [-0.2, -0.15) is 24.0 Å². The molecule has 1 aromatic carbocycles. The minimum atomic E-state index is -4.57. The lowest BCUT2D eigenvalue weighted by atomic mass is 9.86. The van der Waals surface area contributed by atoms with Crippen molar-refractivity contribution in [2.24, 2.45) is 27.2 Å². The molecular formula is C31H33F3N7O3+. The third kappa shape index (κ3) is 5.09. The molecule has 2 amide bonds. The molecule has 0 spiro atoms. The van der Waals surface area contributed by atoms with E-state index < -0.39 is 17.6 Å². The molecule has 4 aliphatic heterocycles. The fourth-order valence-electron chi connectivity index (χ4n) is 6.45. The molecule has 2 fully saturated rings. The van der Waals surface area contributed by atoms with Crippen molar-refractivity contribution < 1.29 is 32.1 Å². The van der Waals surface area contributed by atoms with Gasteiger partial charge in [-0.05, 0) is 56.5 Å². The van der Waals surface area contributed by atoms with E-state index in [9.17, 15) is 22.8 Å². The Kier molecular flexibility index (Phi) is 7.20. The number of nitrogens with one attached hydrogen (secondary N) is 1. The number of benzene rings is 1. The van der Waals surface area contributed by atoms with Gasteiger partial charge in [-0.25, -0.2) is 4.98 Å². The Balaban J connectivity index is 1.32. The molecule has 2 aromatic rings. The topological polar surface area (TPSA) is 122 Å². The van der Waals surface area contributed by atoms with Crippen LogP contribution in [0.5, 0.6) is 5.75 Å². The standard InChI is InChI=1S/C31H32F3N7O3/c1-4-44-24-13-18(28(42)38-25-14-20(9-10-37-25)31(32,33)34)6-8-22(24)27-39-26(23-16-36-11-12-41(23,27)35)19-5-7-21-15-30(2,3)29(43)40(21)17-19/h6,8-14,16,19,21H,4-5,7,15,17,35H2,1-3H3/p+1/t19-,21+,41?/m1/s1. The summed E-state index contributed by atoms with van der Waals surface area (Å²) in [6.07, 6.45) is 3.96. The zero-order chi connectivity index (χ0) is 31.4. The van der Waals surface area contributed by atoms with Gasteiger partial charge >= 0.3 is 6.18 Å². The van der Waals surface area contributed by atoms with E-state index in [1.165, 1.54) is 12.1 Å². The van der Waals surface area contributed by atoms with Gasteiger partial charge in [0.15, 0.2) is 0 Å². The number of carbonyl (C=O) groups excluding carboxylic acids is 2. The third-order valence-corrected chi connectivity index (χ3v) is 8.61. The van der Waals surface area contributed by atoms with E-state index in [0.29, 0.717) is 29.4 Å². The molecule has 1 aromatic heterocycles. The van der Waals surface area contributed by atoms with Crippen LogP contribution in [0.4, 0.5) is 19.0 Å². The monoisotopic (exact) mass is 608 g/mol. The SMILES string of the molecule is CCOc1cc(C(=O)Nc2cc(C(F)(F)F)ccn2)ccc1C1=NC([C@@H]2CC[C@H]3CC(C)(C)C(=O)N3C2)=C2C=NC=C[N+]12N. The number of nitrogens with zero attached hydrogens (tertiary/aromatic N) is 5. The molecule has 0 aliphatic carbocycles. The first-order valence-corrected chi connectivity index (χ1v) is 14.5. The molecule has 0 radical (unpaired) electrons. The highest BCUT2D eigenvalue weighted by Gasteiger charge is 2.51. The van der Waals surface area contributed by atoms with Crippen LogP contribution in [0.3, 0.4) is 0 Å². The van der Waals surface area contributed by atoms with Crippen molar-refractivity contribution in [3.63, 3.8) is 0 Å². The maximum Gasteiger partial charge on any atom is 0.416 e. The number of quaternary nitrogens is 1. The number of hydrogen-bond donors (Lipinski definition) is 2. The Hall–Kier alpha value is -4.36. The number of rotatable bonds is 6. The van der Waals surface area contributed by atoms with Crippen molar-refractivity contribution in [2.45, 2.75) is 52.3 Å². The number of hydrogen-bond acceptors (Lipinski definition) is 7. The summed E-state index contributed by atoms with van der Waals surface area (Å²) in [5.41, 5.74) is 0.830. The largest absolute Gasteiger partial charge is 0.493 e. The minimum Gasteiger partial charge on any atom is -0.493 e. The maximum absolute atomic E-state index is 13.1. The van der Waals surface area contributed by atoms with Gasteiger partial charge in [0, 0.05) is 35.7 Å². The minimum absolute atomic E-state index is 0.0452. The van der Waals surface area contributed by atoms with Gasteiger partial charge in [0.25, 0.3) is 11.7 Å². The number of piperidine rings is 1. The Bertz CT molecular complexity index is 1660. The van der Waals surface area contributed by atoms with Gasteiger partial charge < -0.3 is 15.0 Å². The summed E-state index contributed by atoms with van der Waals surface area (Å²) < 4.78 is 45.1. The molecule has 3 atom stereocenters. The fourth-order valence-corrected chi connectivity index (χ4v) is 6.45. The number of aliphatic imine (C=N–C) groups is 2. The summed E-state index contributed by atoms with van der Waals surface area (Å²) >= 11 is 0. The normalized spacial score (nSPS) is 25.6. The Morgan fingerprint density at radius 3 is 2.77 bits per heavy atom. The van der Waals surface area contributed by atoms with Gasteiger partial charge in [0.1, 0.15) is 29.0 Å². The first-order valence-electron chi connectivity index (χ1n) is 14.5. The molecule has 0 bridgehead atoms. The number of fused-ring (bicyclic) bond motifs is 2. The number of halogens is 3. The Morgan fingerprint density at radius 1 is 1.23 bits per heavy atom. The van der Waals surface area contributed by atoms with Gasteiger partial charge in [-0.15, -0.1) is 4.59 Å². The number of ether oxygens (including phenoxy) is 1. The molecule has 13 heteroatoms. The Morgan fingerprint density at radius 2 is 2.02 bits per heavy atom. The van der Waals surface area contributed by atoms with Crippen molar-refractivity contribution in [1.29, 1.82) is 0 Å². The van der Waals surface area contributed by atoms with Crippen molar-refractivity contribution in [2.75, 3.05) is 18.5 Å². The third-order valence-electron chi connectivity index (χ3n) is 8.61. The summed E-state index contributed by atoms with van der Waals surface area (Å²) in [6, 6.07) is 6.52. The molecule has 2 saturated heterocycles. The predicted molar refractivity (Wildman–Crippen MR) is 157 cm³/mol. The van der Waals surface area contributed by atoms with Crippen molar-refractivity contribution in [3.8, 4) is 5.75 Å². The van der Waals surface area contributed by atoms with Gasteiger partial charge in [-0.1, -0.05) is 13.8 Å². The van der Waals surface area contributed by atoms with Crippen LogP contribution in [0.15, 0.2) is 70.3 Å². The van der Waals surface area contributed by atoms with Crippen molar-refractivity contribution in [3.05, 3.63) is 77.0 Å². The van der Waals surface area contributed by atoms with Crippen LogP contribution in [0.1, 0.15) is 61.5 Å². The smallest absolute Gasteiger partial charge is 0.416 e. The number of alkyl halides is 3. The molecule has 4 aliphatic rings. The van der Waals surface area contributed by atoms with E-state index >= 15 is 0 Å². The van der Waals surface area contributed by atoms with Gasteiger partial charge in [0.05, 0.1) is 24.6 Å². The molecule has 6 rings (SSSR count). The number of carbonyl (C=O) groups is 2. The lowest BCUT2D eigenvalue weighted by molar-refractivity contribution is -0.750. The van der Waals surface area contributed by atoms with Crippen LogP contribution in [0, 0.1) is 11.3 Å². The molecule has 10 nitrogen and oxygen atoms in total. The average molecular weight is 609 g/mol. The fraction of sp³-hybridized carbons (Fsp3) is 0.387. The highest BCUT2D eigenvalue weighted by molar-refractivity contribution is 6.07. The van der Waals surface area contributed by atoms with Crippen molar-refractivity contribution in [1.82, 2.24) is 9.88 Å². The molecular weight excluding hydrogens is 575 g/mol.